The van der Waals surface area contributed by atoms with Gasteiger partial charge in [-0.05, 0) is 28.1 Å². The number of nitro groups is 1. The van der Waals surface area contributed by atoms with Gasteiger partial charge in [0.05, 0.1) is 22.1 Å². The van der Waals surface area contributed by atoms with Crippen LogP contribution in [0.2, 0.25) is 0 Å². The van der Waals surface area contributed by atoms with Crippen LogP contribution in [0, 0.1) is 10.1 Å². The van der Waals surface area contributed by atoms with Gasteiger partial charge in [0.2, 0.25) is 0 Å². The van der Waals surface area contributed by atoms with E-state index in [1.165, 1.54) is 19.2 Å². The molecule has 0 saturated carbocycles. The average molecular weight is 302 g/mol. The van der Waals surface area contributed by atoms with Crippen LogP contribution in [-0.4, -0.2) is 23.1 Å². The monoisotopic (exact) mass is 301 g/mol. The second-order valence-electron chi connectivity index (χ2n) is 2.97. The molecule has 7 heteroatoms. The summed E-state index contributed by atoms with van der Waals surface area (Å²) in [5.74, 6) is -0.790. The third-order valence-electron chi connectivity index (χ3n) is 1.90. The van der Waals surface area contributed by atoms with Crippen molar-refractivity contribution in [2.24, 2.45) is 0 Å². The van der Waals surface area contributed by atoms with Gasteiger partial charge in [-0.15, -0.1) is 0 Å². The predicted molar refractivity (Wildman–Crippen MR) is 64.0 cm³/mol. The van der Waals surface area contributed by atoms with Gasteiger partial charge in [0.25, 0.3) is 5.69 Å². The van der Waals surface area contributed by atoms with Crippen LogP contribution in [0.25, 0.3) is 6.08 Å². The van der Waals surface area contributed by atoms with Gasteiger partial charge in [0.1, 0.15) is 5.75 Å². The van der Waals surface area contributed by atoms with E-state index < -0.39 is 10.9 Å². The van der Waals surface area contributed by atoms with Crippen LogP contribution in [0.5, 0.6) is 5.75 Å². The molecule has 0 heterocycles. The summed E-state index contributed by atoms with van der Waals surface area (Å²) in [5.41, 5.74) is -0.0346. The van der Waals surface area contributed by atoms with E-state index in [-0.39, 0.29) is 11.3 Å². The first kappa shape index (κ1) is 13.2. The van der Waals surface area contributed by atoms with E-state index in [4.69, 9.17) is 9.84 Å². The number of hydrogen-bond donors (Lipinski definition) is 1. The van der Waals surface area contributed by atoms with E-state index in [9.17, 15) is 14.9 Å². The quantitative estimate of drug-likeness (QED) is 0.524. The summed E-state index contributed by atoms with van der Waals surface area (Å²) in [5, 5.41) is 19.3. The summed E-state index contributed by atoms with van der Waals surface area (Å²) in [6.07, 6.45) is 1.98. The zero-order chi connectivity index (χ0) is 13.0. The molecule has 6 nitrogen and oxygen atoms in total. The predicted octanol–water partition coefficient (Wildman–Crippen LogP) is 2.46. The Morgan fingerprint density at radius 3 is 2.71 bits per heavy atom. The Hall–Kier alpha value is -1.89. The lowest BCUT2D eigenvalue weighted by Crippen LogP contribution is -1.95. The molecule has 0 saturated heterocycles. The van der Waals surface area contributed by atoms with Crippen LogP contribution in [0.15, 0.2) is 22.7 Å². The highest BCUT2D eigenvalue weighted by molar-refractivity contribution is 9.10. The first-order valence-electron chi connectivity index (χ1n) is 4.38. The van der Waals surface area contributed by atoms with Gasteiger partial charge >= 0.3 is 5.97 Å². The van der Waals surface area contributed by atoms with Crippen molar-refractivity contribution in [2.45, 2.75) is 0 Å². The summed E-state index contributed by atoms with van der Waals surface area (Å²) < 4.78 is 5.41. The first-order chi connectivity index (χ1) is 7.95. The summed E-state index contributed by atoms with van der Waals surface area (Å²) >= 11 is 3.12. The van der Waals surface area contributed by atoms with Crippen molar-refractivity contribution in [1.29, 1.82) is 0 Å². The number of carbonyl (C=O) groups is 1. The van der Waals surface area contributed by atoms with E-state index in [0.29, 0.717) is 10.2 Å². The first-order valence-corrected chi connectivity index (χ1v) is 5.18. The molecule has 17 heavy (non-hydrogen) atoms. The van der Waals surface area contributed by atoms with Gasteiger partial charge < -0.3 is 9.84 Å². The molecule has 0 aliphatic rings. The van der Waals surface area contributed by atoms with E-state index in [2.05, 4.69) is 15.9 Å². The van der Waals surface area contributed by atoms with Gasteiger partial charge in [-0.3, -0.25) is 10.1 Å². The molecular formula is C10H8BrNO5. The van der Waals surface area contributed by atoms with E-state index in [1.54, 1.807) is 0 Å². The minimum absolute atomic E-state index is 0.164. The normalized spacial score (nSPS) is 10.5. The molecule has 0 amide bonds. The second kappa shape index (κ2) is 5.44. The summed E-state index contributed by atoms with van der Waals surface area (Å²) in [7, 11) is 1.41. The maximum absolute atomic E-state index is 10.8. The van der Waals surface area contributed by atoms with Crippen molar-refractivity contribution in [3.8, 4) is 5.75 Å². The van der Waals surface area contributed by atoms with Crippen molar-refractivity contribution in [3.05, 3.63) is 38.4 Å². The van der Waals surface area contributed by atoms with Gasteiger partial charge in [-0.1, -0.05) is 0 Å². The van der Waals surface area contributed by atoms with E-state index in [0.717, 1.165) is 12.2 Å². The number of methoxy groups -OCH3 is 1. The largest absolute Gasteiger partial charge is 0.496 e. The highest BCUT2D eigenvalue weighted by Crippen LogP contribution is 2.33. The molecule has 0 atom stereocenters. The SMILES string of the molecule is COc1cc(/C=C/C(=O)O)c([N+](=O)[O-])cc1Br. The Morgan fingerprint density at radius 2 is 2.24 bits per heavy atom. The van der Waals surface area contributed by atoms with Crippen molar-refractivity contribution in [1.82, 2.24) is 0 Å². The third kappa shape index (κ3) is 3.28. The zero-order valence-corrected chi connectivity index (χ0v) is 10.3. The molecule has 0 spiro atoms. The minimum Gasteiger partial charge on any atom is -0.496 e. The van der Waals surface area contributed by atoms with Crippen molar-refractivity contribution in [3.63, 3.8) is 0 Å². The average Bonchev–Trinajstić information content (AvgIpc) is 2.26. The molecule has 1 rings (SSSR count). The van der Waals surface area contributed by atoms with E-state index in [1.807, 2.05) is 0 Å². The van der Waals surface area contributed by atoms with Gasteiger partial charge in [-0.25, -0.2) is 4.79 Å². The fraction of sp³-hybridized carbons (Fsp3) is 0.100. The van der Waals surface area contributed by atoms with Crippen LogP contribution in [-0.2, 0) is 4.79 Å². The number of carboxylic acid groups (broad SMARTS) is 1. The number of ether oxygens (including phenoxy) is 1. The minimum atomic E-state index is -1.18. The number of halogens is 1. The van der Waals surface area contributed by atoms with Gasteiger partial charge in [0, 0.05) is 12.1 Å². The molecule has 1 aromatic carbocycles. The summed E-state index contributed by atoms with van der Waals surface area (Å²) in [6.45, 7) is 0. The number of benzene rings is 1. The van der Waals surface area contributed by atoms with Crippen molar-refractivity contribution >= 4 is 33.7 Å². The molecule has 0 fully saturated rings. The number of rotatable bonds is 4. The van der Waals surface area contributed by atoms with Crippen molar-refractivity contribution in [2.75, 3.05) is 7.11 Å². The lowest BCUT2D eigenvalue weighted by atomic mass is 10.1. The standard InChI is InChI=1S/C10H8BrNO5/c1-17-9-4-6(2-3-10(13)14)8(12(15)16)5-7(9)11/h2-5H,1H3,(H,13,14)/b3-2+. The maximum atomic E-state index is 10.8. The molecule has 1 aromatic rings. The number of carboxylic acids is 1. The molecule has 1 N–H and O–H groups in total. The second-order valence-corrected chi connectivity index (χ2v) is 3.83. The lowest BCUT2D eigenvalue weighted by molar-refractivity contribution is -0.385. The zero-order valence-electron chi connectivity index (χ0n) is 8.71. The van der Waals surface area contributed by atoms with E-state index >= 15 is 0 Å². The fourth-order valence-corrected chi connectivity index (χ4v) is 1.66. The maximum Gasteiger partial charge on any atom is 0.328 e. The Bertz CT molecular complexity index is 498. The Morgan fingerprint density at radius 1 is 1.59 bits per heavy atom. The summed E-state index contributed by atoms with van der Waals surface area (Å²) in [4.78, 5) is 20.6. The molecule has 0 radical (unpaired) electrons. The third-order valence-corrected chi connectivity index (χ3v) is 2.52. The summed E-state index contributed by atoms with van der Waals surface area (Å²) in [6, 6.07) is 2.65. The highest BCUT2D eigenvalue weighted by atomic mass is 79.9. The Balaban J connectivity index is 3.33. The Labute approximate surface area is 105 Å². The number of nitrogens with zero attached hydrogens (tertiary/aromatic N) is 1. The molecule has 90 valence electrons. The number of aliphatic carboxylic acids is 1. The topological polar surface area (TPSA) is 89.7 Å². The number of nitro benzene ring substituents is 1. The lowest BCUT2D eigenvalue weighted by Gasteiger charge is -2.05. The molecule has 0 unspecified atom stereocenters. The molecule has 0 bridgehead atoms. The number of hydrogen-bond acceptors (Lipinski definition) is 4. The molecule has 0 aliphatic carbocycles. The molecular weight excluding hydrogens is 294 g/mol. The van der Waals surface area contributed by atoms with Crippen LogP contribution < -0.4 is 4.74 Å². The molecule has 0 aliphatic heterocycles. The fourth-order valence-electron chi connectivity index (χ4n) is 1.17. The van der Waals surface area contributed by atoms with Crippen LogP contribution >= 0.6 is 15.9 Å². The van der Waals surface area contributed by atoms with Crippen LogP contribution in [0.4, 0.5) is 5.69 Å². The van der Waals surface area contributed by atoms with Gasteiger partial charge in [0.15, 0.2) is 0 Å². The van der Waals surface area contributed by atoms with Crippen molar-refractivity contribution < 1.29 is 19.6 Å². The highest BCUT2D eigenvalue weighted by Gasteiger charge is 2.16. The Kier molecular flexibility index (Phi) is 4.22. The van der Waals surface area contributed by atoms with Gasteiger partial charge in [-0.2, -0.15) is 0 Å². The van der Waals surface area contributed by atoms with Crippen LogP contribution in [0.1, 0.15) is 5.56 Å². The van der Waals surface area contributed by atoms with Crippen LogP contribution in [0.3, 0.4) is 0 Å². The molecule has 0 aromatic heterocycles. The smallest absolute Gasteiger partial charge is 0.328 e.